The molecule has 3 N–H and O–H groups in total. The first-order valence-corrected chi connectivity index (χ1v) is 6.99. The van der Waals surface area contributed by atoms with Gasteiger partial charge in [0.25, 0.3) is 0 Å². The van der Waals surface area contributed by atoms with Crippen molar-refractivity contribution in [3.05, 3.63) is 58.7 Å². The van der Waals surface area contributed by atoms with Gasteiger partial charge in [-0.25, -0.2) is 8.78 Å². The molecule has 0 amide bonds. The lowest BCUT2D eigenvalue weighted by molar-refractivity contribution is 0.590. The zero-order valence-corrected chi connectivity index (χ0v) is 12.7. The van der Waals surface area contributed by atoms with Crippen LogP contribution in [0.25, 0.3) is 0 Å². The summed E-state index contributed by atoms with van der Waals surface area (Å²) < 4.78 is 28.2. The van der Waals surface area contributed by atoms with Crippen LogP contribution in [-0.4, -0.2) is 4.99 Å². The van der Waals surface area contributed by atoms with Crippen molar-refractivity contribution in [3.63, 3.8) is 0 Å². The molecule has 0 aliphatic rings. The first-order chi connectivity index (χ1) is 9.93. The van der Waals surface area contributed by atoms with Crippen LogP contribution >= 0.6 is 12.2 Å². The normalized spacial score (nSPS) is 10.5. The second-order valence-electron chi connectivity index (χ2n) is 4.77. The van der Waals surface area contributed by atoms with Gasteiger partial charge in [-0.05, 0) is 36.6 Å². The topological polar surface area (TPSA) is 38.0 Å². The second-order valence-corrected chi connectivity index (χ2v) is 5.21. The number of benzene rings is 2. The van der Waals surface area contributed by atoms with Crippen LogP contribution in [0.3, 0.4) is 0 Å². The molecule has 2 aromatic carbocycles. The maximum atomic E-state index is 14.1. The highest BCUT2D eigenvalue weighted by molar-refractivity contribution is 7.80. The van der Waals surface area contributed by atoms with Gasteiger partial charge in [0, 0.05) is 11.3 Å². The van der Waals surface area contributed by atoms with E-state index in [4.69, 9.17) is 18.0 Å². The number of thiocarbonyl (C=S) groups is 1. The Morgan fingerprint density at radius 3 is 2.33 bits per heavy atom. The number of rotatable bonds is 4. The highest BCUT2D eigenvalue weighted by Gasteiger charge is 2.14. The van der Waals surface area contributed by atoms with Gasteiger partial charge in [0.2, 0.25) is 0 Å². The maximum Gasteiger partial charge on any atom is 0.150 e. The number of anilines is 2. The smallest absolute Gasteiger partial charge is 0.150 e. The minimum atomic E-state index is -0.719. The van der Waals surface area contributed by atoms with Gasteiger partial charge in [0.15, 0.2) is 0 Å². The van der Waals surface area contributed by atoms with E-state index in [0.717, 1.165) is 35.4 Å². The molecule has 0 saturated carbocycles. The molecule has 2 aromatic rings. The standard InChI is InChI=1S/C16H16F2N2S/c1-3-10-6-4-5-9(2)14(10)20-15-12(17)7-11(16(19)21)8-13(15)18/h4-8,20H,3H2,1-2H3,(H2,19,21). The Labute approximate surface area is 128 Å². The van der Waals surface area contributed by atoms with E-state index < -0.39 is 11.6 Å². The lowest BCUT2D eigenvalue weighted by Gasteiger charge is -2.15. The van der Waals surface area contributed by atoms with E-state index in [9.17, 15) is 8.78 Å². The Kier molecular flexibility index (Phi) is 4.53. The third kappa shape index (κ3) is 3.19. The van der Waals surface area contributed by atoms with Crippen LogP contribution in [-0.2, 0) is 6.42 Å². The van der Waals surface area contributed by atoms with Gasteiger partial charge in [-0.2, -0.15) is 0 Å². The van der Waals surface area contributed by atoms with E-state index in [-0.39, 0.29) is 16.2 Å². The van der Waals surface area contributed by atoms with E-state index in [1.807, 2.05) is 32.0 Å². The Bertz CT molecular complexity index is 676. The monoisotopic (exact) mass is 306 g/mol. The minimum absolute atomic E-state index is 0.0375. The molecule has 0 radical (unpaired) electrons. The lowest BCUT2D eigenvalue weighted by Crippen LogP contribution is -2.11. The van der Waals surface area contributed by atoms with Gasteiger partial charge in [-0.3, -0.25) is 0 Å². The van der Waals surface area contributed by atoms with Crippen LogP contribution in [0, 0.1) is 18.6 Å². The Balaban J connectivity index is 2.48. The average Bonchev–Trinajstić information content (AvgIpc) is 2.43. The molecule has 0 unspecified atom stereocenters. The number of hydrogen-bond acceptors (Lipinski definition) is 2. The molecular formula is C16H16F2N2S. The van der Waals surface area contributed by atoms with Crippen LogP contribution in [0.15, 0.2) is 30.3 Å². The van der Waals surface area contributed by atoms with E-state index in [1.165, 1.54) is 0 Å². The third-order valence-corrected chi connectivity index (χ3v) is 3.55. The first-order valence-electron chi connectivity index (χ1n) is 6.58. The average molecular weight is 306 g/mol. The van der Waals surface area contributed by atoms with E-state index in [0.29, 0.717) is 0 Å². The molecule has 110 valence electrons. The number of aryl methyl sites for hydroxylation is 2. The summed E-state index contributed by atoms with van der Waals surface area (Å²) >= 11 is 4.74. The lowest BCUT2D eigenvalue weighted by atomic mass is 10.1. The quantitative estimate of drug-likeness (QED) is 0.831. The van der Waals surface area contributed by atoms with Crippen molar-refractivity contribution in [2.45, 2.75) is 20.3 Å². The van der Waals surface area contributed by atoms with Crippen molar-refractivity contribution in [2.75, 3.05) is 5.32 Å². The van der Waals surface area contributed by atoms with Crippen molar-refractivity contribution in [1.29, 1.82) is 0 Å². The van der Waals surface area contributed by atoms with Gasteiger partial charge in [0.05, 0.1) is 0 Å². The fourth-order valence-corrected chi connectivity index (χ4v) is 2.28. The predicted molar refractivity (Wildman–Crippen MR) is 86.1 cm³/mol. The highest BCUT2D eigenvalue weighted by Crippen LogP contribution is 2.29. The molecule has 0 aliphatic carbocycles. The van der Waals surface area contributed by atoms with Crippen molar-refractivity contribution in [1.82, 2.24) is 0 Å². The molecule has 5 heteroatoms. The first kappa shape index (κ1) is 15.4. The molecule has 21 heavy (non-hydrogen) atoms. The Morgan fingerprint density at radius 2 is 1.81 bits per heavy atom. The summed E-state index contributed by atoms with van der Waals surface area (Å²) in [6, 6.07) is 8.01. The van der Waals surface area contributed by atoms with Crippen LogP contribution in [0.4, 0.5) is 20.2 Å². The summed E-state index contributed by atoms with van der Waals surface area (Å²) in [7, 11) is 0. The highest BCUT2D eigenvalue weighted by atomic mass is 32.1. The van der Waals surface area contributed by atoms with Crippen molar-refractivity contribution < 1.29 is 8.78 Å². The summed E-state index contributed by atoms with van der Waals surface area (Å²) in [6.45, 7) is 3.88. The van der Waals surface area contributed by atoms with Gasteiger partial charge >= 0.3 is 0 Å². The van der Waals surface area contributed by atoms with Gasteiger partial charge in [-0.1, -0.05) is 37.3 Å². The largest absolute Gasteiger partial charge is 0.389 e. The Morgan fingerprint density at radius 1 is 1.19 bits per heavy atom. The molecule has 0 bridgehead atoms. The van der Waals surface area contributed by atoms with E-state index in [1.54, 1.807) is 0 Å². The molecule has 0 atom stereocenters. The summed E-state index contributed by atoms with van der Waals surface area (Å²) in [6.07, 6.45) is 0.762. The third-order valence-electron chi connectivity index (χ3n) is 3.32. The summed E-state index contributed by atoms with van der Waals surface area (Å²) in [5.41, 5.74) is 8.02. The van der Waals surface area contributed by atoms with Crippen molar-refractivity contribution in [2.24, 2.45) is 5.73 Å². The van der Waals surface area contributed by atoms with E-state index >= 15 is 0 Å². The zero-order valence-electron chi connectivity index (χ0n) is 11.8. The zero-order chi connectivity index (χ0) is 15.6. The van der Waals surface area contributed by atoms with Gasteiger partial charge in [-0.15, -0.1) is 0 Å². The van der Waals surface area contributed by atoms with Crippen LogP contribution < -0.4 is 11.1 Å². The van der Waals surface area contributed by atoms with Crippen molar-refractivity contribution >= 4 is 28.6 Å². The molecule has 2 rings (SSSR count). The molecule has 2 nitrogen and oxygen atoms in total. The van der Waals surface area contributed by atoms with Crippen LogP contribution in [0.1, 0.15) is 23.6 Å². The molecule has 0 aliphatic heterocycles. The molecule has 0 saturated heterocycles. The maximum absolute atomic E-state index is 14.1. The number of nitrogens with one attached hydrogen (secondary N) is 1. The van der Waals surface area contributed by atoms with Gasteiger partial charge < -0.3 is 11.1 Å². The molecular weight excluding hydrogens is 290 g/mol. The second kappa shape index (κ2) is 6.18. The molecule has 0 heterocycles. The van der Waals surface area contributed by atoms with E-state index in [2.05, 4.69) is 5.32 Å². The van der Waals surface area contributed by atoms with Crippen molar-refractivity contribution in [3.8, 4) is 0 Å². The number of para-hydroxylation sites is 1. The fourth-order valence-electron chi connectivity index (χ4n) is 2.16. The van der Waals surface area contributed by atoms with Gasteiger partial charge in [0.1, 0.15) is 22.3 Å². The molecule has 0 fully saturated rings. The SMILES string of the molecule is CCc1cccc(C)c1Nc1c(F)cc(C(N)=S)cc1F. The molecule has 0 spiro atoms. The predicted octanol–water partition coefficient (Wildman–Crippen LogP) is 4.21. The molecule has 0 aromatic heterocycles. The van der Waals surface area contributed by atoms with Crippen LogP contribution in [0.2, 0.25) is 0 Å². The summed E-state index contributed by atoms with van der Waals surface area (Å²) in [5.74, 6) is -1.44. The number of halogens is 2. The Hall–Kier alpha value is -2.01. The minimum Gasteiger partial charge on any atom is -0.389 e. The fraction of sp³-hybridized carbons (Fsp3) is 0.188. The van der Waals surface area contributed by atoms with Crippen LogP contribution in [0.5, 0.6) is 0 Å². The summed E-state index contributed by atoms with van der Waals surface area (Å²) in [4.78, 5) is -0.0375. The summed E-state index contributed by atoms with van der Waals surface area (Å²) in [5, 5.41) is 2.86. The number of nitrogens with two attached hydrogens (primary N) is 1. The number of hydrogen-bond donors (Lipinski definition) is 2.